The zero-order valence-electron chi connectivity index (χ0n) is 14.8. The third-order valence-corrected chi connectivity index (χ3v) is 6.61. The van der Waals surface area contributed by atoms with Gasteiger partial charge in [-0.25, -0.2) is 8.42 Å². The molecule has 0 heterocycles. The Morgan fingerprint density at radius 3 is 2.36 bits per heavy atom. The Hall–Kier alpha value is -1.40. The number of sulfone groups is 1. The van der Waals surface area contributed by atoms with Gasteiger partial charge in [-0.05, 0) is 48.6 Å². The fourth-order valence-electron chi connectivity index (χ4n) is 4.48. The Bertz CT molecular complexity index is 718. The zero-order valence-corrected chi connectivity index (χ0v) is 15.6. The van der Waals surface area contributed by atoms with E-state index in [1.54, 1.807) is 0 Å². The summed E-state index contributed by atoms with van der Waals surface area (Å²) in [7, 11) is -3.10. The van der Waals surface area contributed by atoms with Crippen LogP contribution in [0.4, 0.5) is 0 Å². The second-order valence-corrected chi connectivity index (χ2v) is 9.89. The first kappa shape index (κ1) is 18.4. The zero-order chi connectivity index (χ0) is 18.0. The van der Waals surface area contributed by atoms with Gasteiger partial charge in [0.15, 0.2) is 9.84 Å². The molecule has 3 N–H and O–H groups in total. The maximum absolute atomic E-state index is 12.6. The molecule has 0 spiro atoms. The van der Waals surface area contributed by atoms with Crippen LogP contribution in [0.2, 0.25) is 0 Å². The second kappa shape index (κ2) is 7.46. The Morgan fingerprint density at radius 2 is 1.76 bits per heavy atom. The minimum absolute atomic E-state index is 0.00146. The van der Waals surface area contributed by atoms with E-state index in [-0.39, 0.29) is 23.6 Å². The number of carbonyl (C=O) groups is 1. The molecule has 2 fully saturated rings. The van der Waals surface area contributed by atoms with Crippen LogP contribution in [0, 0.1) is 17.8 Å². The minimum Gasteiger partial charge on any atom is -0.352 e. The Kier molecular flexibility index (Phi) is 5.49. The SMILES string of the molecule is CS(=O)(=O)Cc1ccccc1CNC(=O)C1CC2CCCC(C1)C2N. The molecule has 2 unspecified atom stereocenters. The Labute approximate surface area is 150 Å². The first-order chi connectivity index (χ1) is 11.8. The number of nitrogens with two attached hydrogens (primary N) is 1. The van der Waals surface area contributed by atoms with E-state index in [2.05, 4.69) is 5.32 Å². The summed E-state index contributed by atoms with van der Waals surface area (Å²) in [5, 5.41) is 3.02. The molecular weight excluding hydrogens is 336 g/mol. The number of nitrogens with one attached hydrogen (secondary N) is 1. The number of carbonyl (C=O) groups excluding carboxylic acids is 1. The van der Waals surface area contributed by atoms with Gasteiger partial charge in [0.2, 0.25) is 5.91 Å². The Morgan fingerprint density at radius 1 is 1.16 bits per heavy atom. The largest absolute Gasteiger partial charge is 0.352 e. The van der Waals surface area contributed by atoms with E-state index < -0.39 is 9.84 Å². The molecule has 5 nitrogen and oxygen atoms in total. The number of amides is 1. The highest BCUT2D eigenvalue weighted by atomic mass is 32.2. The van der Waals surface area contributed by atoms with E-state index in [4.69, 9.17) is 5.73 Å². The summed E-state index contributed by atoms with van der Waals surface area (Å²) >= 11 is 0. The van der Waals surface area contributed by atoms with Gasteiger partial charge < -0.3 is 11.1 Å². The van der Waals surface area contributed by atoms with Crippen molar-refractivity contribution in [1.29, 1.82) is 0 Å². The first-order valence-corrected chi connectivity index (χ1v) is 11.2. The Balaban J connectivity index is 1.62. The molecular formula is C19H28N2O3S. The van der Waals surface area contributed by atoms with Gasteiger partial charge in [-0.2, -0.15) is 0 Å². The lowest BCUT2D eigenvalue weighted by Crippen LogP contribution is -2.49. The number of fused-ring (bicyclic) bond motifs is 2. The van der Waals surface area contributed by atoms with Crippen LogP contribution in [0.1, 0.15) is 43.2 Å². The van der Waals surface area contributed by atoms with Crippen LogP contribution < -0.4 is 11.1 Å². The molecule has 2 aliphatic rings. The van der Waals surface area contributed by atoms with Crippen LogP contribution in [0.3, 0.4) is 0 Å². The van der Waals surface area contributed by atoms with E-state index >= 15 is 0 Å². The van der Waals surface area contributed by atoms with Crippen molar-refractivity contribution >= 4 is 15.7 Å². The predicted octanol–water partition coefficient (Wildman–Crippen LogP) is 2.00. The molecule has 0 radical (unpaired) electrons. The predicted molar refractivity (Wildman–Crippen MR) is 98.4 cm³/mol. The van der Waals surface area contributed by atoms with E-state index in [0.717, 1.165) is 36.8 Å². The van der Waals surface area contributed by atoms with E-state index in [1.165, 1.54) is 12.7 Å². The molecule has 1 amide bonds. The van der Waals surface area contributed by atoms with Crippen molar-refractivity contribution in [2.24, 2.45) is 23.5 Å². The van der Waals surface area contributed by atoms with Crippen LogP contribution in [0.15, 0.2) is 24.3 Å². The maximum Gasteiger partial charge on any atom is 0.223 e. The molecule has 138 valence electrons. The summed E-state index contributed by atoms with van der Waals surface area (Å²) in [6.07, 6.45) is 6.50. The van der Waals surface area contributed by atoms with E-state index in [1.807, 2.05) is 24.3 Å². The van der Waals surface area contributed by atoms with Crippen LogP contribution >= 0.6 is 0 Å². The first-order valence-electron chi connectivity index (χ1n) is 9.11. The molecule has 2 saturated carbocycles. The van der Waals surface area contributed by atoms with Crippen LogP contribution in [-0.2, 0) is 26.9 Å². The number of benzene rings is 1. The summed E-state index contributed by atoms with van der Waals surface area (Å²) < 4.78 is 23.2. The topological polar surface area (TPSA) is 89.3 Å². The third-order valence-electron chi connectivity index (χ3n) is 5.77. The second-order valence-electron chi connectivity index (χ2n) is 7.75. The van der Waals surface area contributed by atoms with Crippen molar-refractivity contribution in [1.82, 2.24) is 5.32 Å². The molecule has 0 aliphatic heterocycles. The average Bonchev–Trinajstić information content (AvgIpc) is 2.52. The van der Waals surface area contributed by atoms with Gasteiger partial charge in [0.25, 0.3) is 0 Å². The lowest BCUT2D eigenvalue weighted by molar-refractivity contribution is -0.128. The molecule has 1 aromatic rings. The molecule has 1 aromatic carbocycles. The highest BCUT2D eigenvalue weighted by molar-refractivity contribution is 7.89. The van der Waals surface area contributed by atoms with Crippen molar-refractivity contribution in [2.75, 3.05) is 6.26 Å². The fraction of sp³-hybridized carbons (Fsp3) is 0.632. The van der Waals surface area contributed by atoms with Crippen molar-refractivity contribution in [3.05, 3.63) is 35.4 Å². The van der Waals surface area contributed by atoms with Crippen LogP contribution in [0.25, 0.3) is 0 Å². The summed E-state index contributed by atoms with van der Waals surface area (Å²) in [4.78, 5) is 12.6. The van der Waals surface area contributed by atoms with Crippen molar-refractivity contribution in [3.63, 3.8) is 0 Å². The summed E-state index contributed by atoms with van der Waals surface area (Å²) in [5.41, 5.74) is 7.93. The molecule has 3 rings (SSSR count). The summed E-state index contributed by atoms with van der Waals surface area (Å²) in [6.45, 7) is 0.377. The number of rotatable bonds is 5. The molecule has 0 aromatic heterocycles. The van der Waals surface area contributed by atoms with Crippen molar-refractivity contribution < 1.29 is 13.2 Å². The molecule has 2 aliphatic carbocycles. The van der Waals surface area contributed by atoms with Gasteiger partial charge in [0.05, 0.1) is 5.75 Å². The van der Waals surface area contributed by atoms with Crippen molar-refractivity contribution in [3.8, 4) is 0 Å². The van der Waals surface area contributed by atoms with Gasteiger partial charge in [-0.3, -0.25) is 4.79 Å². The molecule has 25 heavy (non-hydrogen) atoms. The standard InChI is InChI=1S/C19H28N2O3S/c1-25(23,24)12-16-6-3-2-5-15(16)11-21-19(22)17-9-13-7-4-8-14(10-17)18(13)20/h2-3,5-6,13-14,17-18H,4,7-12,20H2,1H3,(H,21,22). The monoisotopic (exact) mass is 364 g/mol. The van der Waals surface area contributed by atoms with E-state index in [9.17, 15) is 13.2 Å². The van der Waals surface area contributed by atoms with Gasteiger partial charge in [0, 0.05) is 24.8 Å². The lowest BCUT2D eigenvalue weighted by atomic mass is 9.65. The van der Waals surface area contributed by atoms with Gasteiger partial charge in [-0.15, -0.1) is 0 Å². The number of hydrogen-bond acceptors (Lipinski definition) is 4. The summed E-state index contributed by atoms with van der Waals surface area (Å²) in [6, 6.07) is 7.65. The smallest absolute Gasteiger partial charge is 0.223 e. The minimum atomic E-state index is -3.10. The lowest BCUT2D eigenvalue weighted by Gasteiger charge is -2.43. The summed E-state index contributed by atoms with van der Waals surface area (Å²) in [5.74, 6) is 1.07. The van der Waals surface area contributed by atoms with Gasteiger partial charge >= 0.3 is 0 Å². The normalized spacial score (nSPS) is 29.2. The molecule has 2 bridgehead atoms. The molecule has 6 heteroatoms. The average molecular weight is 365 g/mol. The molecule has 2 atom stereocenters. The highest BCUT2D eigenvalue weighted by Crippen LogP contribution is 2.41. The van der Waals surface area contributed by atoms with Crippen LogP contribution in [0.5, 0.6) is 0 Å². The van der Waals surface area contributed by atoms with E-state index in [0.29, 0.717) is 18.4 Å². The van der Waals surface area contributed by atoms with Gasteiger partial charge in [0.1, 0.15) is 0 Å². The molecule has 0 saturated heterocycles. The highest BCUT2D eigenvalue weighted by Gasteiger charge is 2.40. The third kappa shape index (κ3) is 4.61. The van der Waals surface area contributed by atoms with Gasteiger partial charge in [-0.1, -0.05) is 30.7 Å². The van der Waals surface area contributed by atoms with Crippen LogP contribution in [-0.4, -0.2) is 26.6 Å². The van der Waals surface area contributed by atoms with Crippen molar-refractivity contribution in [2.45, 2.75) is 50.4 Å². The fourth-order valence-corrected chi connectivity index (χ4v) is 5.33. The number of hydrogen-bond donors (Lipinski definition) is 2. The maximum atomic E-state index is 12.6. The quantitative estimate of drug-likeness (QED) is 0.836.